The van der Waals surface area contributed by atoms with E-state index in [1.165, 1.54) is 6.07 Å². The monoisotopic (exact) mass is 192 g/mol. The molecule has 1 aliphatic heterocycles. The third kappa shape index (κ3) is 1.92. The van der Waals surface area contributed by atoms with Gasteiger partial charge < -0.3 is 5.32 Å². The van der Waals surface area contributed by atoms with E-state index >= 15 is 0 Å². The summed E-state index contributed by atoms with van der Waals surface area (Å²) in [5.74, 6) is 0.847. The zero-order valence-electron chi connectivity index (χ0n) is 8.18. The minimum atomic E-state index is -0.163. The number of halogens is 1. The quantitative estimate of drug-likeness (QED) is 0.727. The Morgan fingerprint density at radius 2 is 2.29 bits per heavy atom. The topological polar surface area (TPSA) is 24.4 Å². The molecule has 3 heteroatoms. The second kappa shape index (κ2) is 3.78. The fraction of sp³-hybridized carbons (Fsp3) is 0.364. The van der Waals surface area contributed by atoms with Gasteiger partial charge in [0.15, 0.2) is 0 Å². The Labute approximate surface area is 82.9 Å². The van der Waals surface area contributed by atoms with Crippen LogP contribution in [0, 0.1) is 12.7 Å². The molecule has 0 amide bonds. The number of nitrogens with zero attached hydrogens (tertiary/aromatic N) is 1. The van der Waals surface area contributed by atoms with Gasteiger partial charge >= 0.3 is 0 Å². The highest BCUT2D eigenvalue weighted by Gasteiger charge is 2.06. The molecule has 0 spiro atoms. The third-order valence-electron chi connectivity index (χ3n) is 2.32. The molecule has 0 aliphatic carbocycles. The summed E-state index contributed by atoms with van der Waals surface area (Å²) < 4.78 is 13.0. The first-order valence-corrected chi connectivity index (χ1v) is 4.82. The molecule has 14 heavy (non-hydrogen) atoms. The molecular formula is C11H13FN2. The Balaban J connectivity index is 2.13. The van der Waals surface area contributed by atoms with Crippen molar-refractivity contribution in [3.8, 4) is 0 Å². The van der Waals surface area contributed by atoms with E-state index in [0.29, 0.717) is 5.56 Å². The smallest absolute Gasteiger partial charge is 0.126 e. The Bertz CT molecular complexity index is 372. The average molecular weight is 192 g/mol. The molecule has 1 aliphatic rings. The molecule has 2 rings (SSSR count). The van der Waals surface area contributed by atoms with Crippen LogP contribution in [0.2, 0.25) is 0 Å². The Hall–Kier alpha value is -1.38. The third-order valence-corrected chi connectivity index (χ3v) is 2.32. The normalized spacial score (nSPS) is 15.4. The lowest BCUT2D eigenvalue weighted by Crippen LogP contribution is -2.08. The first kappa shape index (κ1) is 9.19. The highest BCUT2D eigenvalue weighted by Crippen LogP contribution is 2.15. The fourth-order valence-corrected chi connectivity index (χ4v) is 1.53. The van der Waals surface area contributed by atoms with Gasteiger partial charge in [-0.2, -0.15) is 0 Å². The molecule has 0 atom stereocenters. The van der Waals surface area contributed by atoms with Crippen molar-refractivity contribution < 1.29 is 4.39 Å². The van der Waals surface area contributed by atoms with Crippen LogP contribution in [-0.4, -0.2) is 12.4 Å². The fourth-order valence-electron chi connectivity index (χ4n) is 1.53. The predicted molar refractivity (Wildman–Crippen MR) is 56.3 cm³/mol. The van der Waals surface area contributed by atoms with Crippen LogP contribution >= 0.6 is 0 Å². The summed E-state index contributed by atoms with van der Waals surface area (Å²) in [7, 11) is 0. The van der Waals surface area contributed by atoms with Crippen LogP contribution in [-0.2, 0) is 0 Å². The van der Waals surface area contributed by atoms with Crippen LogP contribution in [0.3, 0.4) is 0 Å². The Morgan fingerprint density at radius 3 is 2.93 bits per heavy atom. The van der Waals surface area contributed by atoms with Gasteiger partial charge in [0.2, 0.25) is 0 Å². The lowest BCUT2D eigenvalue weighted by Gasteiger charge is -2.06. The maximum atomic E-state index is 13.0. The van der Waals surface area contributed by atoms with Gasteiger partial charge in [0.1, 0.15) is 11.7 Å². The second-order valence-corrected chi connectivity index (χ2v) is 3.52. The molecule has 0 saturated heterocycles. The van der Waals surface area contributed by atoms with Gasteiger partial charge in [-0.05, 0) is 37.1 Å². The number of aliphatic imine (C=N–C) groups is 1. The van der Waals surface area contributed by atoms with Crippen LogP contribution in [0.5, 0.6) is 0 Å². The summed E-state index contributed by atoms with van der Waals surface area (Å²) in [6.07, 6.45) is 2.11. The second-order valence-electron chi connectivity index (χ2n) is 3.52. The van der Waals surface area contributed by atoms with Crippen molar-refractivity contribution in [2.24, 2.45) is 4.99 Å². The first-order chi connectivity index (χ1) is 6.75. The molecule has 0 saturated carbocycles. The molecule has 2 nitrogen and oxygen atoms in total. The zero-order valence-corrected chi connectivity index (χ0v) is 8.18. The van der Waals surface area contributed by atoms with E-state index in [4.69, 9.17) is 0 Å². The van der Waals surface area contributed by atoms with E-state index in [1.807, 2.05) is 0 Å². The molecule has 74 valence electrons. The lowest BCUT2D eigenvalue weighted by molar-refractivity contribution is 0.619. The number of hydrogen-bond donors (Lipinski definition) is 1. The van der Waals surface area contributed by atoms with Gasteiger partial charge in [0.25, 0.3) is 0 Å². The molecule has 0 unspecified atom stereocenters. The van der Waals surface area contributed by atoms with Gasteiger partial charge in [-0.15, -0.1) is 0 Å². The van der Waals surface area contributed by atoms with E-state index in [0.717, 1.165) is 30.9 Å². The van der Waals surface area contributed by atoms with Gasteiger partial charge in [0.05, 0.1) is 0 Å². The zero-order chi connectivity index (χ0) is 9.97. The Kier molecular flexibility index (Phi) is 2.48. The summed E-state index contributed by atoms with van der Waals surface area (Å²) in [6, 6.07) is 5.02. The molecule has 0 aromatic heterocycles. The standard InChI is InChI=1S/C11H13FN2/c1-8-7-9(4-5-10(8)12)14-11-3-2-6-13-11/h4-5,7H,2-3,6H2,1H3,(H,13,14). The van der Waals surface area contributed by atoms with Crippen molar-refractivity contribution in [3.05, 3.63) is 29.6 Å². The van der Waals surface area contributed by atoms with Crippen LogP contribution in [0.25, 0.3) is 0 Å². The van der Waals surface area contributed by atoms with Crippen molar-refractivity contribution in [2.45, 2.75) is 19.8 Å². The van der Waals surface area contributed by atoms with Gasteiger partial charge in [0, 0.05) is 18.7 Å². The highest BCUT2D eigenvalue weighted by atomic mass is 19.1. The Morgan fingerprint density at radius 1 is 1.43 bits per heavy atom. The highest BCUT2D eigenvalue weighted by molar-refractivity contribution is 5.96. The maximum absolute atomic E-state index is 13.0. The van der Waals surface area contributed by atoms with Crippen LogP contribution in [0.4, 0.5) is 10.1 Å². The number of aryl methyl sites for hydroxylation is 1. The molecule has 0 bridgehead atoms. The number of amidine groups is 1. The van der Waals surface area contributed by atoms with Crippen LogP contribution in [0.15, 0.2) is 23.2 Å². The SMILES string of the molecule is Cc1cc(NC2=NCCC2)ccc1F. The predicted octanol–water partition coefficient (Wildman–Crippen LogP) is 2.74. The largest absolute Gasteiger partial charge is 0.344 e. The van der Waals surface area contributed by atoms with Gasteiger partial charge in [-0.3, -0.25) is 4.99 Å². The molecule has 0 radical (unpaired) electrons. The summed E-state index contributed by atoms with van der Waals surface area (Å²) in [6.45, 7) is 2.67. The number of rotatable bonds is 1. The van der Waals surface area contributed by atoms with Crippen molar-refractivity contribution in [1.29, 1.82) is 0 Å². The van der Waals surface area contributed by atoms with E-state index < -0.39 is 0 Å². The molecule has 1 aromatic rings. The number of hydrogen-bond acceptors (Lipinski definition) is 2. The summed E-state index contributed by atoms with van der Waals surface area (Å²) in [4.78, 5) is 4.29. The maximum Gasteiger partial charge on any atom is 0.126 e. The molecular weight excluding hydrogens is 179 g/mol. The van der Waals surface area contributed by atoms with Crippen LogP contribution < -0.4 is 5.32 Å². The van der Waals surface area contributed by atoms with Crippen molar-refractivity contribution in [1.82, 2.24) is 0 Å². The average Bonchev–Trinajstić information content (AvgIpc) is 2.64. The van der Waals surface area contributed by atoms with Crippen molar-refractivity contribution in [2.75, 3.05) is 11.9 Å². The number of nitrogens with one attached hydrogen (secondary N) is 1. The van der Waals surface area contributed by atoms with E-state index in [9.17, 15) is 4.39 Å². The minimum absolute atomic E-state index is 0.163. The van der Waals surface area contributed by atoms with Crippen molar-refractivity contribution >= 4 is 11.5 Å². The molecule has 1 heterocycles. The van der Waals surface area contributed by atoms with Crippen LogP contribution in [0.1, 0.15) is 18.4 Å². The molecule has 1 aromatic carbocycles. The summed E-state index contributed by atoms with van der Waals surface area (Å²) >= 11 is 0. The number of anilines is 1. The molecule has 1 N–H and O–H groups in total. The first-order valence-electron chi connectivity index (χ1n) is 4.82. The van der Waals surface area contributed by atoms with Crippen molar-refractivity contribution in [3.63, 3.8) is 0 Å². The lowest BCUT2D eigenvalue weighted by atomic mass is 10.2. The van der Waals surface area contributed by atoms with E-state index in [-0.39, 0.29) is 5.82 Å². The summed E-state index contributed by atoms with van der Waals surface area (Å²) in [5, 5.41) is 3.19. The number of benzene rings is 1. The van der Waals surface area contributed by atoms with E-state index in [1.54, 1.807) is 19.1 Å². The molecule has 0 fully saturated rings. The van der Waals surface area contributed by atoms with Gasteiger partial charge in [-0.25, -0.2) is 4.39 Å². The summed E-state index contributed by atoms with van der Waals surface area (Å²) in [5.41, 5.74) is 1.58. The van der Waals surface area contributed by atoms with Gasteiger partial charge in [-0.1, -0.05) is 0 Å². The van der Waals surface area contributed by atoms with E-state index in [2.05, 4.69) is 10.3 Å². The minimum Gasteiger partial charge on any atom is -0.344 e.